The first-order valence-corrected chi connectivity index (χ1v) is 10.8. The van der Waals surface area contributed by atoms with E-state index in [0.717, 1.165) is 32.6 Å². The zero-order chi connectivity index (χ0) is 19.8. The molecule has 4 aromatic rings. The molecule has 0 atom stereocenters. The molecule has 4 rings (SSSR count). The van der Waals surface area contributed by atoms with Gasteiger partial charge in [0.1, 0.15) is 5.01 Å². The SMILES string of the molecule is Cc1cccc(-c2nc(CC(=O)N(C)Cc3c(C)nc4sc(C)cn34)cs2)c1. The lowest BCUT2D eigenvalue weighted by Crippen LogP contribution is -2.28. The summed E-state index contributed by atoms with van der Waals surface area (Å²) >= 11 is 3.25. The standard InChI is InChI=1S/C21H22N4OS2/c1-13-6-5-7-16(8-13)20-23-17(12-27-20)9-19(26)24(4)11-18-15(3)22-21-25(18)10-14(2)28-21/h5-8,10,12H,9,11H2,1-4H3. The molecule has 144 valence electrons. The fourth-order valence-corrected chi connectivity index (χ4v) is 4.91. The molecule has 5 nitrogen and oxygen atoms in total. The number of carbonyl (C=O) groups excluding carboxylic acids is 1. The van der Waals surface area contributed by atoms with Gasteiger partial charge in [-0.25, -0.2) is 9.97 Å². The highest BCUT2D eigenvalue weighted by Gasteiger charge is 2.17. The third kappa shape index (κ3) is 3.72. The molecule has 0 saturated carbocycles. The molecule has 7 heteroatoms. The van der Waals surface area contributed by atoms with Crippen LogP contribution in [0.1, 0.15) is 27.5 Å². The highest BCUT2D eigenvalue weighted by Crippen LogP contribution is 2.25. The predicted molar refractivity (Wildman–Crippen MR) is 115 cm³/mol. The minimum absolute atomic E-state index is 0.0578. The zero-order valence-corrected chi connectivity index (χ0v) is 18.0. The number of amides is 1. The topological polar surface area (TPSA) is 50.5 Å². The maximum absolute atomic E-state index is 12.8. The molecule has 0 bridgehead atoms. The van der Waals surface area contributed by atoms with Crippen LogP contribution in [0.5, 0.6) is 0 Å². The Labute approximate surface area is 172 Å². The number of carbonyl (C=O) groups is 1. The summed E-state index contributed by atoms with van der Waals surface area (Å²) < 4.78 is 2.10. The van der Waals surface area contributed by atoms with Gasteiger partial charge in [0, 0.05) is 29.1 Å². The highest BCUT2D eigenvalue weighted by atomic mass is 32.1. The van der Waals surface area contributed by atoms with E-state index in [9.17, 15) is 4.79 Å². The van der Waals surface area contributed by atoms with Crippen molar-refractivity contribution in [2.75, 3.05) is 7.05 Å². The first kappa shape index (κ1) is 18.8. The van der Waals surface area contributed by atoms with Gasteiger partial charge in [-0.3, -0.25) is 9.20 Å². The molecule has 1 aromatic carbocycles. The Morgan fingerprint density at radius 1 is 1.21 bits per heavy atom. The number of nitrogens with zero attached hydrogens (tertiary/aromatic N) is 4. The van der Waals surface area contributed by atoms with Crippen LogP contribution in [0.4, 0.5) is 0 Å². The van der Waals surface area contributed by atoms with Crippen LogP contribution in [0.15, 0.2) is 35.8 Å². The molecule has 28 heavy (non-hydrogen) atoms. The van der Waals surface area contributed by atoms with Crippen LogP contribution in [0.2, 0.25) is 0 Å². The van der Waals surface area contributed by atoms with E-state index in [1.165, 1.54) is 10.4 Å². The molecule has 0 saturated heterocycles. The first-order valence-electron chi connectivity index (χ1n) is 9.10. The number of hydrogen-bond donors (Lipinski definition) is 0. The molecule has 3 heterocycles. The molecule has 0 spiro atoms. The number of aryl methyl sites for hydroxylation is 3. The van der Waals surface area contributed by atoms with Crippen LogP contribution >= 0.6 is 22.7 Å². The largest absolute Gasteiger partial charge is 0.340 e. The Morgan fingerprint density at radius 3 is 2.82 bits per heavy atom. The quantitative estimate of drug-likeness (QED) is 0.481. The fourth-order valence-electron chi connectivity index (χ4n) is 3.20. The van der Waals surface area contributed by atoms with Crippen molar-refractivity contribution in [3.05, 3.63) is 63.4 Å². The van der Waals surface area contributed by atoms with E-state index in [1.807, 2.05) is 25.4 Å². The van der Waals surface area contributed by atoms with E-state index in [-0.39, 0.29) is 5.91 Å². The van der Waals surface area contributed by atoms with Crippen molar-refractivity contribution in [3.63, 3.8) is 0 Å². The van der Waals surface area contributed by atoms with E-state index < -0.39 is 0 Å². The monoisotopic (exact) mass is 410 g/mol. The number of benzene rings is 1. The third-order valence-corrected chi connectivity index (χ3v) is 6.54. The molecule has 0 aliphatic heterocycles. The second-order valence-electron chi connectivity index (χ2n) is 7.08. The van der Waals surface area contributed by atoms with Gasteiger partial charge in [-0.2, -0.15) is 0 Å². The van der Waals surface area contributed by atoms with Gasteiger partial charge in [-0.15, -0.1) is 22.7 Å². The van der Waals surface area contributed by atoms with Gasteiger partial charge in [0.25, 0.3) is 0 Å². The molecule has 0 aliphatic carbocycles. The maximum atomic E-state index is 12.8. The Bertz CT molecular complexity index is 1150. The fraction of sp³-hybridized carbons (Fsp3) is 0.286. The average Bonchev–Trinajstić information content (AvgIpc) is 3.32. The number of imidazole rings is 1. The van der Waals surface area contributed by atoms with Crippen LogP contribution in [0.25, 0.3) is 15.5 Å². The van der Waals surface area contributed by atoms with E-state index in [1.54, 1.807) is 27.6 Å². The van der Waals surface area contributed by atoms with Crippen LogP contribution in [0.3, 0.4) is 0 Å². The van der Waals surface area contributed by atoms with Crippen molar-refractivity contribution in [2.24, 2.45) is 0 Å². The minimum atomic E-state index is 0.0578. The minimum Gasteiger partial charge on any atom is -0.340 e. The third-order valence-electron chi connectivity index (χ3n) is 4.70. The van der Waals surface area contributed by atoms with Crippen molar-refractivity contribution in [2.45, 2.75) is 33.7 Å². The van der Waals surface area contributed by atoms with Gasteiger partial charge in [-0.05, 0) is 26.8 Å². The Hall–Kier alpha value is -2.51. The lowest BCUT2D eigenvalue weighted by molar-refractivity contribution is -0.129. The summed E-state index contributed by atoms with van der Waals surface area (Å²) in [7, 11) is 1.84. The summed E-state index contributed by atoms with van der Waals surface area (Å²) in [6.45, 7) is 6.68. The number of thiazole rings is 2. The van der Waals surface area contributed by atoms with E-state index >= 15 is 0 Å². The highest BCUT2D eigenvalue weighted by molar-refractivity contribution is 7.17. The molecule has 0 aliphatic rings. The van der Waals surface area contributed by atoms with Gasteiger partial charge in [0.05, 0.1) is 30.0 Å². The summed E-state index contributed by atoms with van der Waals surface area (Å²) in [6.07, 6.45) is 2.39. The number of hydrogen-bond acceptors (Lipinski definition) is 5. The molecule has 1 amide bonds. The van der Waals surface area contributed by atoms with Crippen LogP contribution in [-0.4, -0.2) is 32.2 Å². The van der Waals surface area contributed by atoms with Gasteiger partial charge < -0.3 is 4.90 Å². The molecular formula is C21H22N4OS2. The summed E-state index contributed by atoms with van der Waals surface area (Å²) in [5.74, 6) is 0.0578. The average molecular weight is 411 g/mol. The lowest BCUT2D eigenvalue weighted by atomic mass is 10.1. The summed E-state index contributed by atoms with van der Waals surface area (Å²) in [4.78, 5) is 26.0. The van der Waals surface area contributed by atoms with Gasteiger partial charge in [-0.1, -0.05) is 23.8 Å². The van der Waals surface area contributed by atoms with Gasteiger partial charge in [0.2, 0.25) is 5.91 Å². The van der Waals surface area contributed by atoms with E-state index in [2.05, 4.69) is 52.6 Å². The summed E-state index contributed by atoms with van der Waals surface area (Å²) in [6, 6.07) is 8.28. The first-order chi connectivity index (χ1) is 13.4. The molecule has 0 N–H and O–H groups in total. The van der Waals surface area contributed by atoms with Gasteiger partial charge in [0.15, 0.2) is 4.96 Å². The molecule has 0 fully saturated rings. The molecule has 3 aromatic heterocycles. The lowest BCUT2D eigenvalue weighted by Gasteiger charge is -2.16. The maximum Gasteiger partial charge on any atom is 0.228 e. The van der Waals surface area contributed by atoms with Gasteiger partial charge >= 0.3 is 0 Å². The van der Waals surface area contributed by atoms with Crippen molar-refractivity contribution >= 4 is 33.5 Å². The number of likely N-dealkylation sites (N-methyl/N-ethyl adjacent to an activating group) is 1. The van der Waals surface area contributed by atoms with E-state index in [0.29, 0.717) is 13.0 Å². The molecular weight excluding hydrogens is 388 g/mol. The van der Waals surface area contributed by atoms with Crippen LogP contribution < -0.4 is 0 Å². The van der Waals surface area contributed by atoms with Crippen LogP contribution in [-0.2, 0) is 17.8 Å². The second kappa shape index (κ2) is 7.48. The Balaban J connectivity index is 1.47. The predicted octanol–water partition coefficient (Wildman–Crippen LogP) is 4.65. The van der Waals surface area contributed by atoms with Crippen molar-refractivity contribution < 1.29 is 4.79 Å². The van der Waals surface area contributed by atoms with Crippen molar-refractivity contribution in [1.29, 1.82) is 0 Å². The van der Waals surface area contributed by atoms with E-state index in [4.69, 9.17) is 0 Å². The zero-order valence-electron chi connectivity index (χ0n) is 16.4. The van der Waals surface area contributed by atoms with Crippen LogP contribution in [0, 0.1) is 20.8 Å². The summed E-state index contributed by atoms with van der Waals surface area (Å²) in [5.41, 5.74) is 5.16. The Kier molecular flexibility index (Phi) is 5.03. The second-order valence-corrected chi connectivity index (χ2v) is 9.15. The number of aromatic nitrogens is 3. The Morgan fingerprint density at radius 2 is 2.04 bits per heavy atom. The normalized spacial score (nSPS) is 11.3. The van der Waals surface area contributed by atoms with Crippen molar-refractivity contribution in [1.82, 2.24) is 19.3 Å². The van der Waals surface area contributed by atoms with Crippen molar-refractivity contribution in [3.8, 4) is 10.6 Å². The summed E-state index contributed by atoms with van der Waals surface area (Å²) in [5, 5.41) is 2.93. The number of fused-ring (bicyclic) bond motifs is 1. The smallest absolute Gasteiger partial charge is 0.228 e. The molecule has 0 unspecified atom stereocenters. The molecule has 0 radical (unpaired) electrons. The number of rotatable bonds is 5.